The molecule has 88 valence electrons. The van der Waals surface area contributed by atoms with Crippen LogP contribution in [-0.2, 0) is 4.79 Å². The smallest absolute Gasteiger partial charge is 0.149 e. The van der Waals surface area contributed by atoms with Crippen molar-refractivity contribution in [2.24, 2.45) is 5.92 Å². The Kier molecular flexibility index (Phi) is 6.45. The highest BCUT2D eigenvalue weighted by Gasteiger charge is 2.29. The van der Waals surface area contributed by atoms with E-state index in [0.29, 0.717) is 0 Å². The zero-order valence-corrected chi connectivity index (χ0v) is 10.4. The van der Waals surface area contributed by atoms with E-state index >= 15 is 0 Å². The van der Waals surface area contributed by atoms with Crippen LogP contribution in [0.3, 0.4) is 0 Å². The van der Waals surface area contributed by atoms with Gasteiger partial charge in [-0.25, -0.2) is 0 Å². The first-order valence-corrected chi connectivity index (χ1v) is 5.37. The Morgan fingerprint density at radius 2 is 2.00 bits per heavy atom. The fourth-order valence-corrected chi connectivity index (χ4v) is 1.71. The van der Waals surface area contributed by atoms with Crippen LogP contribution in [0.4, 0.5) is 0 Å². The Hall–Kier alpha value is -0.670. The van der Waals surface area contributed by atoms with Crippen LogP contribution in [0.1, 0.15) is 27.2 Å². The van der Waals surface area contributed by atoms with Crippen LogP contribution in [0.15, 0.2) is 12.2 Å². The summed E-state index contributed by atoms with van der Waals surface area (Å²) >= 11 is 0. The normalized spacial score (nSPS) is 18.1. The van der Waals surface area contributed by atoms with Crippen molar-refractivity contribution < 1.29 is 9.90 Å². The largest absolute Gasteiger partial charge is 0.391 e. The third-order valence-corrected chi connectivity index (χ3v) is 2.62. The average Bonchev–Trinajstić information content (AvgIpc) is 2.12. The summed E-state index contributed by atoms with van der Waals surface area (Å²) in [5.41, 5.74) is 0. The third-order valence-electron chi connectivity index (χ3n) is 2.62. The maximum Gasteiger partial charge on any atom is 0.149 e. The zero-order valence-electron chi connectivity index (χ0n) is 10.4. The van der Waals surface area contributed by atoms with E-state index in [9.17, 15) is 9.90 Å². The quantitative estimate of drug-likeness (QED) is 0.679. The number of carbonyl (C=O) groups excluding carboxylic acids is 1. The molecule has 15 heavy (non-hydrogen) atoms. The number of aliphatic hydroxyl groups excluding tert-OH is 1. The van der Waals surface area contributed by atoms with Crippen molar-refractivity contribution in [3.63, 3.8) is 0 Å². The molecular formula is C12H23NO2. The highest BCUT2D eigenvalue weighted by atomic mass is 16.3. The van der Waals surface area contributed by atoms with Crippen LogP contribution in [0.2, 0.25) is 0 Å². The summed E-state index contributed by atoms with van der Waals surface area (Å²) in [6.07, 6.45) is 4.17. The number of nitrogens with zero attached hydrogens (tertiary/aromatic N) is 1. The summed E-state index contributed by atoms with van der Waals surface area (Å²) in [7, 11) is 3.63. The Labute approximate surface area is 92.8 Å². The number of carbonyl (C=O) groups is 1. The van der Waals surface area contributed by atoms with Gasteiger partial charge in [0.2, 0.25) is 0 Å². The van der Waals surface area contributed by atoms with Gasteiger partial charge in [-0.3, -0.25) is 9.69 Å². The number of rotatable bonds is 6. The molecule has 0 heterocycles. The molecule has 0 aromatic heterocycles. The lowest BCUT2D eigenvalue weighted by molar-refractivity contribution is -0.126. The molecule has 0 aliphatic heterocycles. The van der Waals surface area contributed by atoms with Gasteiger partial charge in [0.25, 0.3) is 0 Å². The molecule has 0 amide bonds. The molecule has 3 nitrogen and oxygen atoms in total. The Balaban J connectivity index is 4.48. The standard InChI is InChI=1S/C12H23NO2/c1-6-7-8-9(2)12(15)11(10(3)14)13(4)5/h6-7,9,11-12,15H,8H2,1-5H3/b7-6+/t9-,11?,12?/m1/s1. The number of aliphatic hydroxyl groups is 1. The molecule has 0 fully saturated rings. The van der Waals surface area contributed by atoms with E-state index in [1.54, 1.807) is 4.90 Å². The first-order valence-electron chi connectivity index (χ1n) is 5.37. The molecule has 0 bridgehead atoms. The monoisotopic (exact) mass is 213 g/mol. The maximum atomic E-state index is 11.4. The summed E-state index contributed by atoms with van der Waals surface area (Å²) in [6.45, 7) is 5.44. The number of ketones is 1. The number of hydrogen-bond donors (Lipinski definition) is 1. The second-order valence-electron chi connectivity index (χ2n) is 4.29. The predicted octanol–water partition coefficient (Wildman–Crippen LogP) is 1.47. The molecule has 0 aliphatic carbocycles. The molecule has 0 radical (unpaired) electrons. The Morgan fingerprint density at radius 3 is 2.33 bits per heavy atom. The van der Waals surface area contributed by atoms with E-state index in [0.717, 1.165) is 6.42 Å². The van der Waals surface area contributed by atoms with Gasteiger partial charge in [-0.2, -0.15) is 0 Å². The Morgan fingerprint density at radius 1 is 1.47 bits per heavy atom. The van der Waals surface area contributed by atoms with E-state index in [1.807, 2.05) is 40.1 Å². The zero-order chi connectivity index (χ0) is 12.0. The second-order valence-corrected chi connectivity index (χ2v) is 4.29. The molecule has 2 unspecified atom stereocenters. The lowest BCUT2D eigenvalue weighted by Crippen LogP contribution is -2.47. The summed E-state index contributed by atoms with van der Waals surface area (Å²) < 4.78 is 0. The molecular weight excluding hydrogens is 190 g/mol. The maximum absolute atomic E-state index is 11.4. The van der Waals surface area contributed by atoms with Crippen molar-refractivity contribution >= 4 is 5.78 Å². The lowest BCUT2D eigenvalue weighted by atomic mass is 9.92. The molecule has 0 saturated heterocycles. The average molecular weight is 213 g/mol. The minimum atomic E-state index is -0.603. The number of likely N-dealkylation sites (N-methyl/N-ethyl adjacent to an activating group) is 1. The van der Waals surface area contributed by atoms with Gasteiger partial charge < -0.3 is 5.11 Å². The molecule has 3 heteroatoms. The van der Waals surface area contributed by atoms with Crippen molar-refractivity contribution in [2.45, 2.75) is 39.3 Å². The molecule has 0 aliphatic rings. The summed E-state index contributed by atoms with van der Waals surface area (Å²) in [4.78, 5) is 13.2. The van der Waals surface area contributed by atoms with Crippen LogP contribution in [0, 0.1) is 5.92 Å². The molecule has 1 N–H and O–H groups in total. The van der Waals surface area contributed by atoms with E-state index in [-0.39, 0.29) is 11.7 Å². The summed E-state index contributed by atoms with van der Waals surface area (Å²) in [5, 5.41) is 10.0. The minimum absolute atomic E-state index is 0.0137. The molecule has 0 saturated carbocycles. The van der Waals surface area contributed by atoms with E-state index in [2.05, 4.69) is 0 Å². The molecule has 0 aromatic rings. The van der Waals surface area contributed by atoms with Crippen LogP contribution in [-0.4, -0.2) is 42.0 Å². The van der Waals surface area contributed by atoms with Gasteiger partial charge in [-0.15, -0.1) is 0 Å². The minimum Gasteiger partial charge on any atom is -0.391 e. The third kappa shape index (κ3) is 4.58. The highest BCUT2D eigenvalue weighted by molar-refractivity contribution is 5.82. The number of hydrogen-bond acceptors (Lipinski definition) is 3. The van der Waals surface area contributed by atoms with Crippen molar-refractivity contribution in [3.05, 3.63) is 12.2 Å². The van der Waals surface area contributed by atoms with Crippen molar-refractivity contribution in [3.8, 4) is 0 Å². The van der Waals surface area contributed by atoms with Gasteiger partial charge in [-0.1, -0.05) is 19.1 Å². The van der Waals surface area contributed by atoms with Gasteiger partial charge in [0.1, 0.15) is 5.78 Å². The van der Waals surface area contributed by atoms with Gasteiger partial charge in [-0.05, 0) is 40.3 Å². The predicted molar refractivity (Wildman–Crippen MR) is 62.8 cm³/mol. The van der Waals surface area contributed by atoms with Crippen LogP contribution >= 0.6 is 0 Å². The van der Waals surface area contributed by atoms with Gasteiger partial charge in [0.15, 0.2) is 0 Å². The van der Waals surface area contributed by atoms with E-state index < -0.39 is 12.1 Å². The topological polar surface area (TPSA) is 40.5 Å². The lowest BCUT2D eigenvalue weighted by Gasteiger charge is -2.30. The van der Waals surface area contributed by atoms with Crippen LogP contribution < -0.4 is 0 Å². The molecule has 0 spiro atoms. The van der Waals surface area contributed by atoms with E-state index in [1.165, 1.54) is 6.92 Å². The molecule has 0 rings (SSSR count). The number of allylic oxidation sites excluding steroid dienone is 2. The van der Waals surface area contributed by atoms with Gasteiger partial charge in [0.05, 0.1) is 12.1 Å². The summed E-state index contributed by atoms with van der Waals surface area (Å²) in [5.74, 6) is 0.109. The Bertz CT molecular complexity index is 224. The highest BCUT2D eigenvalue weighted by Crippen LogP contribution is 2.15. The SMILES string of the molecule is C/C=C/C[C@@H](C)C(O)C(C(C)=O)N(C)C. The fraction of sp³-hybridized carbons (Fsp3) is 0.750. The van der Waals surface area contributed by atoms with Crippen molar-refractivity contribution in [1.29, 1.82) is 0 Å². The van der Waals surface area contributed by atoms with Crippen LogP contribution in [0.25, 0.3) is 0 Å². The fourth-order valence-electron chi connectivity index (χ4n) is 1.71. The van der Waals surface area contributed by atoms with Gasteiger partial charge in [0, 0.05) is 0 Å². The first-order chi connectivity index (χ1) is 6.91. The summed E-state index contributed by atoms with van der Waals surface area (Å²) in [6, 6.07) is -0.398. The molecule has 0 aromatic carbocycles. The second kappa shape index (κ2) is 6.75. The van der Waals surface area contributed by atoms with Crippen molar-refractivity contribution in [2.75, 3.05) is 14.1 Å². The van der Waals surface area contributed by atoms with Crippen LogP contribution in [0.5, 0.6) is 0 Å². The van der Waals surface area contributed by atoms with Gasteiger partial charge >= 0.3 is 0 Å². The molecule has 3 atom stereocenters. The van der Waals surface area contributed by atoms with Crippen molar-refractivity contribution in [1.82, 2.24) is 4.90 Å². The number of Topliss-reactive ketones (excluding diaryl/α,β-unsaturated/α-hetero) is 1. The van der Waals surface area contributed by atoms with E-state index in [4.69, 9.17) is 0 Å². The first kappa shape index (κ1) is 14.3.